The fourth-order valence-electron chi connectivity index (χ4n) is 2.28. The normalized spacial score (nSPS) is 10.3. The van der Waals surface area contributed by atoms with E-state index in [-0.39, 0.29) is 5.91 Å². The van der Waals surface area contributed by atoms with Crippen molar-refractivity contribution in [2.45, 2.75) is 33.6 Å². The Kier molecular flexibility index (Phi) is 5.59. The molecular formula is C19H24N2O. The number of anilines is 2. The van der Waals surface area contributed by atoms with Gasteiger partial charge in [-0.3, -0.25) is 4.79 Å². The molecular weight excluding hydrogens is 272 g/mol. The van der Waals surface area contributed by atoms with E-state index in [0.717, 1.165) is 17.8 Å². The zero-order valence-electron chi connectivity index (χ0n) is 13.6. The summed E-state index contributed by atoms with van der Waals surface area (Å²) in [6.07, 6.45) is 1.46. The fraction of sp³-hybridized carbons (Fsp3) is 0.316. The molecule has 3 heteroatoms. The van der Waals surface area contributed by atoms with E-state index >= 15 is 0 Å². The molecule has 22 heavy (non-hydrogen) atoms. The second kappa shape index (κ2) is 7.64. The van der Waals surface area contributed by atoms with Crippen molar-refractivity contribution in [1.29, 1.82) is 0 Å². The molecule has 0 aliphatic heterocycles. The molecule has 2 aromatic rings. The van der Waals surface area contributed by atoms with Crippen molar-refractivity contribution in [3.05, 3.63) is 59.2 Å². The Morgan fingerprint density at radius 2 is 1.77 bits per heavy atom. The second-order valence-electron chi connectivity index (χ2n) is 5.59. The van der Waals surface area contributed by atoms with Gasteiger partial charge in [0.05, 0.1) is 0 Å². The molecule has 116 valence electrons. The van der Waals surface area contributed by atoms with Gasteiger partial charge in [-0.25, -0.2) is 0 Å². The molecule has 2 aromatic carbocycles. The lowest BCUT2D eigenvalue weighted by Crippen LogP contribution is -2.16. The summed E-state index contributed by atoms with van der Waals surface area (Å²) in [4.78, 5) is 12.0. The van der Waals surface area contributed by atoms with Crippen molar-refractivity contribution in [1.82, 2.24) is 0 Å². The number of carbonyl (C=O) groups excluding carboxylic acids is 1. The smallest absolute Gasteiger partial charge is 0.226 e. The predicted octanol–water partition coefficient (Wildman–Crippen LogP) is 4.31. The first-order valence-electron chi connectivity index (χ1n) is 7.78. The Labute approximate surface area is 132 Å². The van der Waals surface area contributed by atoms with Crippen LogP contribution in [-0.2, 0) is 11.2 Å². The van der Waals surface area contributed by atoms with Crippen LogP contribution < -0.4 is 10.6 Å². The molecule has 2 rings (SSSR count). The van der Waals surface area contributed by atoms with E-state index < -0.39 is 0 Å². The molecule has 0 saturated heterocycles. The summed E-state index contributed by atoms with van der Waals surface area (Å²) < 4.78 is 0. The Hall–Kier alpha value is -2.29. The van der Waals surface area contributed by atoms with Gasteiger partial charge in [-0.05, 0) is 55.2 Å². The minimum absolute atomic E-state index is 0.0297. The van der Waals surface area contributed by atoms with Gasteiger partial charge in [-0.15, -0.1) is 0 Å². The van der Waals surface area contributed by atoms with Gasteiger partial charge < -0.3 is 10.6 Å². The van der Waals surface area contributed by atoms with Gasteiger partial charge >= 0.3 is 0 Å². The third kappa shape index (κ3) is 4.62. The summed E-state index contributed by atoms with van der Waals surface area (Å²) in [6, 6.07) is 14.3. The number of carbonyl (C=O) groups is 1. The zero-order chi connectivity index (χ0) is 15.9. The van der Waals surface area contributed by atoms with Crippen LogP contribution in [0.1, 0.15) is 30.0 Å². The van der Waals surface area contributed by atoms with Crippen LogP contribution in [0.2, 0.25) is 0 Å². The fourth-order valence-corrected chi connectivity index (χ4v) is 2.28. The summed E-state index contributed by atoms with van der Waals surface area (Å²) in [5, 5.41) is 6.25. The maximum absolute atomic E-state index is 12.0. The van der Waals surface area contributed by atoms with Crippen molar-refractivity contribution < 1.29 is 4.79 Å². The van der Waals surface area contributed by atoms with E-state index in [4.69, 9.17) is 0 Å². The number of aryl methyl sites for hydroxylation is 3. The van der Waals surface area contributed by atoms with Crippen LogP contribution in [-0.4, -0.2) is 12.5 Å². The van der Waals surface area contributed by atoms with Gasteiger partial charge in [-0.2, -0.15) is 0 Å². The van der Waals surface area contributed by atoms with Crippen molar-refractivity contribution in [2.75, 3.05) is 17.2 Å². The SMILES string of the molecule is CCc1ccc(NC(=O)CCNc2cc(C)ccc2C)cc1. The Morgan fingerprint density at radius 3 is 2.45 bits per heavy atom. The summed E-state index contributed by atoms with van der Waals surface area (Å²) in [5.74, 6) is 0.0297. The highest BCUT2D eigenvalue weighted by molar-refractivity contribution is 5.91. The number of nitrogens with one attached hydrogen (secondary N) is 2. The quantitative estimate of drug-likeness (QED) is 0.834. The summed E-state index contributed by atoms with van der Waals surface area (Å²) in [7, 11) is 0. The topological polar surface area (TPSA) is 41.1 Å². The lowest BCUT2D eigenvalue weighted by Gasteiger charge is -2.11. The molecule has 1 amide bonds. The maximum atomic E-state index is 12.0. The zero-order valence-corrected chi connectivity index (χ0v) is 13.6. The first-order chi connectivity index (χ1) is 10.6. The predicted molar refractivity (Wildman–Crippen MR) is 93.5 cm³/mol. The standard InChI is InChI=1S/C19H24N2O/c1-4-16-7-9-17(10-8-16)21-19(22)11-12-20-18-13-14(2)5-6-15(18)3/h5-10,13,20H,4,11-12H2,1-3H3,(H,21,22). The minimum Gasteiger partial charge on any atom is -0.384 e. The maximum Gasteiger partial charge on any atom is 0.226 e. The van der Waals surface area contributed by atoms with E-state index in [2.05, 4.69) is 49.6 Å². The highest BCUT2D eigenvalue weighted by Crippen LogP contribution is 2.16. The lowest BCUT2D eigenvalue weighted by molar-refractivity contribution is -0.115. The van der Waals surface area contributed by atoms with Crippen LogP contribution in [0.25, 0.3) is 0 Å². The molecule has 0 unspecified atom stereocenters. The molecule has 0 bridgehead atoms. The Morgan fingerprint density at radius 1 is 1.05 bits per heavy atom. The average molecular weight is 296 g/mol. The number of benzene rings is 2. The molecule has 0 aromatic heterocycles. The highest BCUT2D eigenvalue weighted by atomic mass is 16.1. The van der Waals surface area contributed by atoms with Gasteiger partial charge in [0, 0.05) is 24.3 Å². The largest absolute Gasteiger partial charge is 0.384 e. The van der Waals surface area contributed by atoms with E-state index in [1.165, 1.54) is 16.7 Å². The molecule has 0 saturated carbocycles. The van der Waals surface area contributed by atoms with Crippen LogP contribution in [0.3, 0.4) is 0 Å². The molecule has 0 atom stereocenters. The third-order valence-electron chi connectivity index (χ3n) is 3.71. The Balaban J connectivity index is 1.81. The van der Waals surface area contributed by atoms with Crippen molar-refractivity contribution in [3.63, 3.8) is 0 Å². The van der Waals surface area contributed by atoms with E-state index in [1.54, 1.807) is 0 Å². The molecule has 0 heterocycles. The van der Waals surface area contributed by atoms with Crippen LogP contribution in [0.4, 0.5) is 11.4 Å². The van der Waals surface area contributed by atoms with E-state index in [1.807, 2.05) is 24.3 Å². The van der Waals surface area contributed by atoms with Crippen molar-refractivity contribution >= 4 is 17.3 Å². The van der Waals surface area contributed by atoms with Crippen LogP contribution in [0.5, 0.6) is 0 Å². The molecule has 0 fully saturated rings. The molecule has 3 nitrogen and oxygen atoms in total. The summed E-state index contributed by atoms with van der Waals surface area (Å²) in [5.41, 5.74) is 5.64. The number of hydrogen-bond donors (Lipinski definition) is 2. The monoisotopic (exact) mass is 296 g/mol. The molecule has 0 spiro atoms. The van der Waals surface area contributed by atoms with Gasteiger partial charge in [0.15, 0.2) is 0 Å². The van der Waals surface area contributed by atoms with Gasteiger partial charge in [-0.1, -0.05) is 31.2 Å². The van der Waals surface area contributed by atoms with Gasteiger partial charge in [0.1, 0.15) is 0 Å². The summed E-state index contributed by atoms with van der Waals surface area (Å²) >= 11 is 0. The molecule has 2 N–H and O–H groups in total. The van der Waals surface area contributed by atoms with Gasteiger partial charge in [0.25, 0.3) is 0 Å². The van der Waals surface area contributed by atoms with Crippen LogP contribution >= 0.6 is 0 Å². The first-order valence-corrected chi connectivity index (χ1v) is 7.78. The van der Waals surface area contributed by atoms with E-state index in [0.29, 0.717) is 13.0 Å². The average Bonchev–Trinajstić information content (AvgIpc) is 2.51. The molecule has 0 aliphatic rings. The van der Waals surface area contributed by atoms with Crippen molar-refractivity contribution in [2.24, 2.45) is 0 Å². The molecule has 0 radical (unpaired) electrons. The van der Waals surface area contributed by atoms with Crippen molar-refractivity contribution in [3.8, 4) is 0 Å². The summed E-state index contributed by atoms with van der Waals surface area (Å²) in [6.45, 7) is 6.88. The number of hydrogen-bond acceptors (Lipinski definition) is 2. The third-order valence-corrected chi connectivity index (χ3v) is 3.71. The number of rotatable bonds is 6. The van der Waals surface area contributed by atoms with Crippen LogP contribution in [0, 0.1) is 13.8 Å². The highest BCUT2D eigenvalue weighted by Gasteiger charge is 2.03. The Bertz CT molecular complexity index is 632. The van der Waals surface area contributed by atoms with Gasteiger partial charge in [0.2, 0.25) is 5.91 Å². The second-order valence-corrected chi connectivity index (χ2v) is 5.59. The minimum atomic E-state index is 0.0297. The lowest BCUT2D eigenvalue weighted by atomic mass is 10.1. The van der Waals surface area contributed by atoms with E-state index in [9.17, 15) is 4.79 Å². The van der Waals surface area contributed by atoms with Crippen LogP contribution in [0.15, 0.2) is 42.5 Å². The first kappa shape index (κ1) is 16.1. The number of amides is 1. The molecule has 0 aliphatic carbocycles.